The Morgan fingerprint density at radius 2 is 1.88 bits per heavy atom. The number of nitrogens with zero attached hydrogens (tertiary/aromatic N) is 3. The number of rotatable bonds is 5. The van der Waals surface area contributed by atoms with Gasteiger partial charge in [0.25, 0.3) is 5.91 Å². The van der Waals surface area contributed by atoms with E-state index in [9.17, 15) is 4.79 Å². The van der Waals surface area contributed by atoms with Crippen LogP contribution in [0.3, 0.4) is 0 Å². The Hall–Kier alpha value is -3.10. The van der Waals surface area contributed by atoms with Gasteiger partial charge >= 0.3 is 0 Å². The van der Waals surface area contributed by atoms with E-state index in [1.807, 2.05) is 67.6 Å². The maximum absolute atomic E-state index is 13.3. The van der Waals surface area contributed by atoms with E-state index < -0.39 is 6.17 Å². The van der Waals surface area contributed by atoms with Gasteiger partial charge in [0, 0.05) is 21.0 Å². The van der Waals surface area contributed by atoms with E-state index in [0.29, 0.717) is 23.2 Å². The number of hydrogen-bond donors (Lipinski definition) is 1. The van der Waals surface area contributed by atoms with Crippen LogP contribution in [-0.4, -0.2) is 22.7 Å². The molecular formula is C25H21BrN4O2S. The molecule has 0 bridgehead atoms. The second kappa shape index (κ2) is 9.41. The van der Waals surface area contributed by atoms with E-state index in [-0.39, 0.29) is 5.91 Å². The van der Waals surface area contributed by atoms with Gasteiger partial charge in [0.05, 0.1) is 12.0 Å². The molecule has 0 spiro atoms. The number of carbonyl (C=O) groups excluding carboxylic acids is 1. The smallest absolute Gasteiger partial charge is 0.276 e. The van der Waals surface area contributed by atoms with Crippen LogP contribution >= 0.6 is 27.7 Å². The summed E-state index contributed by atoms with van der Waals surface area (Å²) in [6.45, 7) is 2.51. The third kappa shape index (κ3) is 4.41. The largest absolute Gasteiger partial charge is 0.494 e. The summed E-state index contributed by atoms with van der Waals surface area (Å²) in [5.74, 6) is 1.26. The van der Waals surface area contributed by atoms with Gasteiger partial charge in [-0.2, -0.15) is 0 Å². The minimum absolute atomic E-state index is 0.190. The summed E-state index contributed by atoms with van der Waals surface area (Å²) >= 11 is 5.15. The first-order chi connectivity index (χ1) is 16.1. The zero-order valence-electron chi connectivity index (χ0n) is 17.9. The number of nitrogens with one attached hydrogen (secondary N) is 1. The van der Waals surface area contributed by atoms with Gasteiger partial charge in [-0.15, -0.1) is 5.10 Å². The molecule has 166 valence electrons. The molecule has 0 saturated carbocycles. The van der Waals surface area contributed by atoms with Gasteiger partial charge in [0.1, 0.15) is 11.4 Å². The second-order valence-corrected chi connectivity index (χ2v) is 9.28. The molecule has 0 radical (unpaired) electrons. The highest BCUT2D eigenvalue weighted by Gasteiger charge is 2.35. The fourth-order valence-electron chi connectivity index (χ4n) is 3.80. The average Bonchev–Trinajstić information content (AvgIpc) is 2.84. The van der Waals surface area contributed by atoms with Crippen LogP contribution in [0.5, 0.6) is 5.75 Å². The Morgan fingerprint density at radius 1 is 1.09 bits per heavy atom. The predicted octanol–water partition coefficient (Wildman–Crippen LogP) is 3.92. The summed E-state index contributed by atoms with van der Waals surface area (Å²) in [6.07, 6.45) is -0.511. The number of halogens is 1. The number of ether oxygens (including phenoxy) is 1. The van der Waals surface area contributed by atoms with Crippen LogP contribution in [-0.2, 0) is 10.5 Å². The number of amides is 1. The van der Waals surface area contributed by atoms with Gasteiger partial charge in [-0.3, -0.25) is 15.1 Å². The predicted molar refractivity (Wildman–Crippen MR) is 134 cm³/mol. The van der Waals surface area contributed by atoms with Crippen LogP contribution in [0.25, 0.3) is 5.70 Å². The van der Waals surface area contributed by atoms with Gasteiger partial charge in [0.2, 0.25) is 0 Å². The Bertz CT molecular complexity index is 1360. The lowest BCUT2D eigenvalue weighted by Crippen LogP contribution is -2.50. The summed E-state index contributed by atoms with van der Waals surface area (Å²) in [4.78, 5) is 18.3. The maximum atomic E-state index is 13.3. The summed E-state index contributed by atoms with van der Waals surface area (Å²) in [5, 5.41) is 11.6. The van der Waals surface area contributed by atoms with Crippen LogP contribution in [0.1, 0.15) is 24.2 Å². The Morgan fingerprint density at radius 3 is 2.70 bits per heavy atom. The molecule has 2 aliphatic heterocycles. The third-order valence-electron chi connectivity index (χ3n) is 5.29. The van der Waals surface area contributed by atoms with Crippen molar-refractivity contribution < 1.29 is 9.53 Å². The van der Waals surface area contributed by atoms with Crippen LogP contribution in [0.4, 0.5) is 0 Å². The molecule has 0 unspecified atom stereocenters. The number of fused-ring (bicyclic) bond motifs is 2. The van der Waals surface area contributed by atoms with Crippen LogP contribution in [0.15, 0.2) is 87.4 Å². The molecule has 1 N–H and O–H groups in total. The fraction of sp³-hybridized carbons (Fsp3) is 0.160. The van der Waals surface area contributed by atoms with Crippen LogP contribution in [0.2, 0.25) is 0 Å². The Balaban J connectivity index is 1.59. The van der Waals surface area contributed by atoms with E-state index in [4.69, 9.17) is 14.8 Å². The Labute approximate surface area is 204 Å². The van der Waals surface area contributed by atoms with Crippen LogP contribution in [0, 0.1) is 0 Å². The second-order valence-electron chi connectivity index (χ2n) is 7.46. The molecule has 0 aromatic heterocycles. The molecular weight excluding hydrogens is 500 g/mol. The molecule has 33 heavy (non-hydrogen) atoms. The molecule has 1 amide bonds. The topological polar surface area (TPSA) is 66.3 Å². The van der Waals surface area contributed by atoms with Crippen molar-refractivity contribution in [3.8, 4) is 5.75 Å². The third-order valence-corrected chi connectivity index (χ3v) is 6.95. The standard InChI is InChI=1S/C25H21BrN4O2S/c1-2-32-17-12-13-20(26)19(14-17)23-27-21-11-7-6-10-18(21)22-24(31)28-25(29-30(22)23)33-15-16-8-4-3-5-9-16/h3-14,23H,2,15H2,1H3,(H,28,29,31)/t23-/m1/s1. The van der Waals surface area contributed by atoms with Crippen molar-refractivity contribution >= 4 is 44.5 Å². The lowest BCUT2D eigenvalue weighted by atomic mass is 10.1. The quantitative estimate of drug-likeness (QED) is 0.553. The van der Waals surface area contributed by atoms with Gasteiger partial charge < -0.3 is 4.74 Å². The number of thioether (sulfide) groups is 1. The highest BCUT2D eigenvalue weighted by Crippen LogP contribution is 2.36. The van der Waals surface area contributed by atoms with E-state index in [1.54, 1.807) is 5.01 Å². The van der Waals surface area contributed by atoms with Crippen molar-refractivity contribution in [2.45, 2.75) is 18.8 Å². The number of para-hydroxylation sites is 1. The lowest BCUT2D eigenvalue weighted by molar-refractivity contribution is -0.116. The average molecular weight is 521 g/mol. The van der Waals surface area contributed by atoms with Crippen molar-refractivity contribution in [1.29, 1.82) is 0 Å². The van der Waals surface area contributed by atoms with E-state index in [2.05, 4.69) is 33.4 Å². The van der Waals surface area contributed by atoms with Crippen LogP contribution < -0.4 is 20.6 Å². The number of hydrazone groups is 1. The van der Waals surface area contributed by atoms with Crippen molar-refractivity contribution in [3.63, 3.8) is 0 Å². The fourth-order valence-corrected chi connectivity index (χ4v) is 5.05. The van der Waals surface area contributed by atoms with Gasteiger partial charge in [-0.1, -0.05) is 76.2 Å². The first kappa shape index (κ1) is 21.7. The minimum atomic E-state index is -0.511. The summed E-state index contributed by atoms with van der Waals surface area (Å²) in [7, 11) is 0. The van der Waals surface area contributed by atoms with Crippen molar-refractivity contribution in [1.82, 2.24) is 10.3 Å². The van der Waals surface area contributed by atoms with Crippen molar-refractivity contribution in [2.75, 3.05) is 6.61 Å². The summed E-state index contributed by atoms with van der Waals surface area (Å²) in [6, 6.07) is 23.6. The summed E-state index contributed by atoms with van der Waals surface area (Å²) in [5.41, 5.74) is 2.52. The molecule has 3 aromatic carbocycles. The normalized spacial score (nSPS) is 16.8. The van der Waals surface area contributed by atoms with Gasteiger partial charge in [0.15, 0.2) is 11.3 Å². The maximum Gasteiger partial charge on any atom is 0.276 e. The monoisotopic (exact) mass is 520 g/mol. The molecule has 5 rings (SSSR count). The molecule has 6 nitrogen and oxygen atoms in total. The highest BCUT2D eigenvalue weighted by atomic mass is 79.9. The SMILES string of the molecule is CCOc1ccc(Br)c([C@@H]2N=c3ccccc3=C3C(=O)NC(SCc4ccccc4)=NN32)c1. The molecule has 0 aliphatic carbocycles. The summed E-state index contributed by atoms with van der Waals surface area (Å²) < 4.78 is 6.59. The van der Waals surface area contributed by atoms with E-state index in [0.717, 1.165) is 31.9 Å². The zero-order chi connectivity index (χ0) is 22.8. The van der Waals surface area contributed by atoms with Crippen molar-refractivity contribution in [3.05, 3.63) is 99.0 Å². The molecule has 8 heteroatoms. The first-order valence-corrected chi connectivity index (χ1v) is 12.4. The lowest BCUT2D eigenvalue weighted by Gasteiger charge is -2.34. The number of hydrogen-bond acceptors (Lipinski definition) is 6. The number of benzene rings is 3. The molecule has 2 heterocycles. The first-order valence-electron chi connectivity index (χ1n) is 10.6. The van der Waals surface area contributed by atoms with E-state index >= 15 is 0 Å². The minimum Gasteiger partial charge on any atom is -0.494 e. The molecule has 3 aromatic rings. The molecule has 0 fully saturated rings. The van der Waals surface area contributed by atoms with Gasteiger partial charge in [-0.05, 0) is 36.8 Å². The van der Waals surface area contributed by atoms with Gasteiger partial charge in [-0.25, -0.2) is 5.01 Å². The number of carbonyl (C=O) groups is 1. The zero-order valence-corrected chi connectivity index (χ0v) is 20.3. The Kier molecular flexibility index (Phi) is 6.20. The van der Waals surface area contributed by atoms with E-state index in [1.165, 1.54) is 11.8 Å². The van der Waals surface area contributed by atoms with Crippen molar-refractivity contribution in [2.24, 2.45) is 10.1 Å². The molecule has 0 saturated heterocycles. The molecule has 1 atom stereocenters. The number of amidine groups is 1. The molecule has 2 aliphatic rings. The highest BCUT2D eigenvalue weighted by molar-refractivity contribution is 9.10.